The molecule has 178 valence electrons. The molecule has 0 bridgehead atoms. The molecular weight excluding hydrogens is 430 g/mol. The van der Waals surface area contributed by atoms with Crippen LogP contribution in [0.4, 0.5) is 5.69 Å². The van der Waals surface area contributed by atoms with Gasteiger partial charge in [-0.2, -0.15) is 0 Å². The monoisotopic (exact) mass is 461 g/mol. The van der Waals surface area contributed by atoms with Crippen molar-refractivity contribution < 1.29 is 19.1 Å². The Hall–Kier alpha value is -3.16. The first-order valence-electron chi connectivity index (χ1n) is 12.1. The third-order valence-corrected chi connectivity index (χ3v) is 6.82. The summed E-state index contributed by atoms with van der Waals surface area (Å²) < 4.78 is 11.5. The van der Waals surface area contributed by atoms with E-state index in [1.165, 1.54) is 4.90 Å². The molecule has 0 N–H and O–H groups in total. The van der Waals surface area contributed by atoms with Gasteiger partial charge in [-0.3, -0.25) is 19.4 Å². The number of piperazine rings is 1. The van der Waals surface area contributed by atoms with Crippen LogP contribution in [0, 0.1) is 0 Å². The molecule has 2 amide bonds. The second kappa shape index (κ2) is 9.99. The second-order valence-corrected chi connectivity index (χ2v) is 9.03. The molecule has 0 radical (unpaired) electrons. The van der Waals surface area contributed by atoms with Gasteiger partial charge in [0.25, 0.3) is 11.8 Å². The van der Waals surface area contributed by atoms with Gasteiger partial charge >= 0.3 is 0 Å². The average molecular weight is 462 g/mol. The molecule has 2 fully saturated rings. The van der Waals surface area contributed by atoms with E-state index < -0.39 is 0 Å². The van der Waals surface area contributed by atoms with E-state index in [0.29, 0.717) is 30.9 Å². The maximum atomic E-state index is 13.3. The van der Waals surface area contributed by atoms with Crippen LogP contribution in [0.1, 0.15) is 39.1 Å². The van der Waals surface area contributed by atoms with E-state index in [0.717, 1.165) is 62.6 Å². The fraction of sp³-hybridized carbons (Fsp3) is 0.407. The normalized spacial score (nSPS) is 20.6. The van der Waals surface area contributed by atoms with Crippen molar-refractivity contribution in [2.45, 2.75) is 25.5 Å². The molecule has 3 heterocycles. The lowest BCUT2D eigenvalue weighted by molar-refractivity contribution is 0.0475. The zero-order valence-corrected chi connectivity index (χ0v) is 19.4. The first-order valence-corrected chi connectivity index (χ1v) is 12.1. The lowest BCUT2D eigenvalue weighted by atomic mass is 10.1. The van der Waals surface area contributed by atoms with Gasteiger partial charge < -0.3 is 14.4 Å². The fourth-order valence-corrected chi connectivity index (χ4v) is 5.05. The van der Waals surface area contributed by atoms with Gasteiger partial charge in [-0.15, -0.1) is 0 Å². The molecule has 2 aromatic rings. The van der Waals surface area contributed by atoms with E-state index in [-0.39, 0.29) is 17.9 Å². The number of anilines is 1. The second-order valence-electron chi connectivity index (χ2n) is 9.03. The Bertz CT molecular complexity index is 1070. The number of fused-ring (bicyclic) bond motifs is 1. The molecule has 0 spiro atoms. The molecule has 3 aliphatic rings. The number of carbonyl (C=O) groups is 2. The van der Waals surface area contributed by atoms with Crippen molar-refractivity contribution in [1.29, 1.82) is 0 Å². The van der Waals surface area contributed by atoms with Gasteiger partial charge in [0.1, 0.15) is 12.4 Å². The molecule has 34 heavy (non-hydrogen) atoms. The zero-order valence-electron chi connectivity index (χ0n) is 19.4. The highest BCUT2D eigenvalue weighted by Crippen LogP contribution is 2.33. The van der Waals surface area contributed by atoms with Crippen molar-refractivity contribution in [2.24, 2.45) is 0 Å². The number of amides is 2. The predicted molar refractivity (Wildman–Crippen MR) is 130 cm³/mol. The van der Waals surface area contributed by atoms with E-state index in [9.17, 15) is 9.59 Å². The Labute approximate surface area is 200 Å². The Morgan fingerprint density at radius 3 is 2.62 bits per heavy atom. The Morgan fingerprint density at radius 1 is 1.03 bits per heavy atom. The van der Waals surface area contributed by atoms with Gasteiger partial charge in [0.15, 0.2) is 0 Å². The molecule has 7 heteroatoms. The van der Waals surface area contributed by atoms with E-state index in [1.54, 1.807) is 12.1 Å². The van der Waals surface area contributed by atoms with Crippen LogP contribution in [0.5, 0.6) is 5.75 Å². The topological polar surface area (TPSA) is 62.3 Å². The standard InChI is InChI=1S/C27H31N3O4/c1-2-16-34-24-11-4-3-7-20(24)18-28-12-14-29(15-13-28)23-10-5-9-22-25(23)27(32)30(26(22)31)19-21-8-6-17-33-21/h2-5,7,9-11,21H,1,6,8,12-19H2. The number of benzene rings is 2. The van der Waals surface area contributed by atoms with E-state index in [2.05, 4.69) is 22.4 Å². The van der Waals surface area contributed by atoms with Crippen molar-refractivity contribution in [2.75, 3.05) is 50.8 Å². The number of hydrogen-bond donors (Lipinski definition) is 0. The first-order chi connectivity index (χ1) is 16.7. The minimum atomic E-state index is -0.202. The van der Waals surface area contributed by atoms with Crippen LogP contribution < -0.4 is 9.64 Å². The van der Waals surface area contributed by atoms with Crippen LogP contribution in [0.25, 0.3) is 0 Å². The van der Waals surface area contributed by atoms with Gasteiger partial charge in [-0.1, -0.05) is 36.9 Å². The molecule has 0 saturated carbocycles. The molecule has 5 rings (SSSR count). The lowest BCUT2D eigenvalue weighted by Gasteiger charge is -2.37. The maximum absolute atomic E-state index is 13.3. The third-order valence-electron chi connectivity index (χ3n) is 6.82. The molecule has 2 aromatic carbocycles. The molecule has 3 aliphatic heterocycles. The number of hydrogen-bond acceptors (Lipinski definition) is 6. The van der Waals surface area contributed by atoms with Gasteiger partial charge in [0.2, 0.25) is 0 Å². The van der Waals surface area contributed by atoms with Crippen LogP contribution in [0.2, 0.25) is 0 Å². The smallest absolute Gasteiger partial charge is 0.263 e. The van der Waals surface area contributed by atoms with Crippen molar-refractivity contribution in [1.82, 2.24) is 9.80 Å². The van der Waals surface area contributed by atoms with E-state index >= 15 is 0 Å². The fourth-order valence-electron chi connectivity index (χ4n) is 5.05. The van der Waals surface area contributed by atoms with Crippen molar-refractivity contribution in [3.63, 3.8) is 0 Å². The summed E-state index contributed by atoms with van der Waals surface area (Å²) in [5, 5.41) is 0. The van der Waals surface area contributed by atoms with Crippen molar-refractivity contribution in [3.05, 3.63) is 71.8 Å². The van der Waals surface area contributed by atoms with Gasteiger partial charge in [-0.05, 0) is 31.0 Å². The first kappa shape index (κ1) is 22.6. The largest absolute Gasteiger partial charge is 0.489 e. The summed E-state index contributed by atoms with van der Waals surface area (Å²) in [5.41, 5.74) is 3.07. The van der Waals surface area contributed by atoms with Crippen molar-refractivity contribution >= 4 is 17.5 Å². The molecule has 1 atom stereocenters. The summed E-state index contributed by atoms with van der Waals surface area (Å²) in [7, 11) is 0. The van der Waals surface area contributed by atoms with E-state index in [4.69, 9.17) is 9.47 Å². The summed E-state index contributed by atoms with van der Waals surface area (Å²) in [6.07, 6.45) is 3.58. The summed E-state index contributed by atoms with van der Waals surface area (Å²) >= 11 is 0. The number of nitrogens with zero attached hydrogens (tertiary/aromatic N) is 3. The van der Waals surface area contributed by atoms with Gasteiger partial charge in [-0.25, -0.2) is 0 Å². The predicted octanol–water partition coefficient (Wildman–Crippen LogP) is 3.35. The quantitative estimate of drug-likeness (QED) is 0.444. The highest BCUT2D eigenvalue weighted by molar-refractivity contribution is 6.23. The van der Waals surface area contributed by atoms with Crippen molar-refractivity contribution in [3.8, 4) is 5.75 Å². The summed E-state index contributed by atoms with van der Waals surface area (Å²) in [5.74, 6) is 0.495. The number of carbonyl (C=O) groups excluding carboxylic acids is 2. The zero-order chi connectivity index (χ0) is 23.5. The molecule has 2 saturated heterocycles. The third kappa shape index (κ3) is 4.45. The van der Waals surface area contributed by atoms with Crippen LogP contribution in [0.15, 0.2) is 55.1 Å². The number of para-hydroxylation sites is 1. The minimum absolute atomic E-state index is 0.0486. The number of imide groups is 1. The van der Waals surface area contributed by atoms with Gasteiger partial charge in [0.05, 0.1) is 29.5 Å². The Balaban J connectivity index is 1.26. The summed E-state index contributed by atoms with van der Waals surface area (Å²) in [6, 6.07) is 13.7. The molecule has 1 unspecified atom stereocenters. The average Bonchev–Trinajstić information content (AvgIpc) is 3.47. The molecule has 0 aromatic heterocycles. The summed E-state index contributed by atoms with van der Waals surface area (Å²) in [4.78, 5) is 32.3. The molecule has 7 nitrogen and oxygen atoms in total. The highest BCUT2D eigenvalue weighted by Gasteiger charge is 2.40. The van der Waals surface area contributed by atoms with Gasteiger partial charge in [0, 0.05) is 44.9 Å². The SMILES string of the molecule is C=CCOc1ccccc1CN1CCN(c2cccc3c2C(=O)N(CC2CCCO2)C3=O)CC1. The number of ether oxygens (including phenoxy) is 2. The minimum Gasteiger partial charge on any atom is -0.489 e. The molecular formula is C27H31N3O4. The van der Waals surface area contributed by atoms with Crippen LogP contribution in [-0.4, -0.2) is 73.7 Å². The summed E-state index contributed by atoms with van der Waals surface area (Å²) in [6.45, 7) is 9.37. The number of rotatable bonds is 8. The van der Waals surface area contributed by atoms with Crippen LogP contribution in [-0.2, 0) is 11.3 Å². The van der Waals surface area contributed by atoms with E-state index in [1.807, 2.05) is 30.3 Å². The Morgan fingerprint density at radius 2 is 1.85 bits per heavy atom. The van der Waals surface area contributed by atoms with Crippen LogP contribution in [0.3, 0.4) is 0 Å². The molecule has 0 aliphatic carbocycles. The Kier molecular flexibility index (Phi) is 6.65. The maximum Gasteiger partial charge on any atom is 0.263 e. The highest BCUT2D eigenvalue weighted by atomic mass is 16.5. The lowest BCUT2D eigenvalue weighted by Crippen LogP contribution is -2.46. The van der Waals surface area contributed by atoms with Crippen LogP contribution >= 0.6 is 0 Å².